The van der Waals surface area contributed by atoms with Crippen LogP contribution < -0.4 is 0 Å². The Hall–Kier alpha value is -1.94. The first kappa shape index (κ1) is 81.1. The Morgan fingerprint density at radius 2 is 0.578 bits per heavy atom. The van der Waals surface area contributed by atoms with Gasteiger partial charge in [0.05, 0.1) is 26.4 Å². The van der Waals surface area contributed by atoms with E-state index in [1.807, 2.05) is 0 Å². The van der Waals surface area contributed by atoms with Gasteiger partial charge in [-0.05, 0) is 49.4 Å². The van der Waals surface area contributed by atoms with Gasteiger partial charge in [0.25, 0.3) is 0 Å². The second-order valence-corrected chi connectivity index (χ2v) is 27.5. The second kappa shape index (κ2) is 54.2. The normalized spacial score (nSPS) is 15.1. The van der Waals surface area contributed by atoms with Crippen LogP contribution >= 0.6 is 15.6 Å². The van der Waals surface area contributed by atoms with Crippen molar-refractivity contribution in [3.8, 4) is 0 Å². The molecule has 0 saturated heterocycles. The first-order valence-electron chi connectivity index (χ1n) is 33.3. The van der Waals surface area contributed by atoms with Crippen LogP contribution in [0.4, 0.5) is 0 Å². The maximum Gasteiger partial charge on any atom is 0.472 e. The first-order valence-corrected chi connectivity index (χ1v) is 36.3. The number of aliphatic hydroxyl groups is 1. The largest absolute Gasteiger partial charge is 0.472 e. The molecule has 0 aliphatic heterocycles. The third-order valence-corrected chi connectivity index (χ3v) is 17.2. The molecule has 0 spiro atoms. The highest BCUT2D eigenvalue weighted by atomic mass is 31.2. The van der Waals surface area contributed by atoms with Gasteiger partial charge in [0.2, 0.25) is 0 Å². The van der Waals surface area contributed by atoms with Crippen molar-refractivity contribution in [3.05, 3.63) is 0 Å². The van der Waals surface area contributed by atoms with E-state index in [9.17, 15) is 43.2 Å². The molecule has 0 aromatic heterocycles. The standard InChI is InChI=1S/C64H124O17P2/c1-9-56(7)42-34-26-18-12-14-19-28-36-44-61(66)74-50-59(80-63(68)46-38-30-20-13-11-16-24-32-40-54(3)4)52-78-82(70,71)76-48-58(65)49-77-83(72,73)79-53-60(81-64(69)47-39-31-23-22-27-35-43-57(8)10-2)51-75-62(67)45-37-29-21-15-17-25-33-41-55(5)6/h54-60,65H,9-53H2,1-8H3,(H,70,71)(H,72,73)/t56?,57?,58?,59-,60-/m1/s1. The summed E-state index contributed by atoms with van der Waals surface area (Å²) in [5.41, 5.74) is 0. The molecule has 83 heavy (non-hydrogen) atoms. The van der Waals surface area contributed by atoms with Gasteiger partial charge in [-0.15, -0.1) is 0 Å². The van der Waals surface area contributed by atoms with Crippen molar-refractivity contribution >= 4 is 39.5 Å². The van der Waals surface area contributed by atoms with Crippen LogP contribution in [0.25, 0.3) is 0 Å². The highest BCUT2D eigenvalue weighted by Gasteiger charge is 2.30. The Labute approximate surface area is 505 Å². The van der Waals surface area contributed by atoms with E-state index in [2.05, 4.69) is 55.4 Å². The summed E-state index contributed by atoms with van der Waals surface area (Å²) in [5, 5.41) is 10.5. The van der Waals surface area contributed by atoms with Crippen LogP contribution in [-0.2, 0) is 65.4 Å². The molecule has 0 bridgehead atoms. The lowest BCUT2D eigenvalue weighted by atomic mass is 9.99. The zero-order valence-corrected chi connectivity index (χ0v) is 55.6. The smallest absolute Gasteiger partial charge is 0.462 e. The number of rotatable bonds is 61. The third-order valence-electron chi connectivity index (χ3n) is 15.3. The number of aliphatic hydroxyl groups excluding tert-OH is 1. The minimum absolute atomic E-state index is 0.101. The molecule has 17 nitrogen and oxygen atoms in total. The molecular weight excluding hydrogens is 1100 g/mol. The zero-order valence-electron chi connectivity index (χ0n) is 53.8. The van der Waals surface area contributed by atoms with Crippen molar-refractivity contribution in [2.24, 2.45) is 23.7 Å². The predicted octanol–water partition coefficient (Wildman–Crippen LogP) is 17.4. The van der Waals surface area contributed by atoms with E-state index in [4.69, 9.17) is 37.0 Å². The van der Waals surface area contributed by atoms with Gasteiger partial charge in [-0.3, -0.25) is 37.3 Å². The molecule has 3 N–H and O–H groups in total. The van der Waals surface area contributed by atoms with Gasteiger partial charge < -0.3 is 33.8 Å². The molecule has 0 aliphatic carbocycles. The second-order valence-electron chi connectivity index (χ2n) is 24.6. The van der Waals surface area contributed by atoms with Crippen molar-refractivity contribution in [2.75, 3.05) is 39.6 Å². The average molecular weight is 1230 g/mol. The molecule has 0 aromatic rings. The van der Waals surface area contributed by atoms with Crippen LogP contribution in [0.15, 0.2) is 0 Å². The summed E-state index contributed by atoms with van der Waals surface area (Å²) in [5.74, 6) is 0.778. The van der Waals surface area contributed by atoms with Crippen molar-refractivity contribution in [2.45, 2.75) is 324 Å². The van der Waals surface area contributed by atoms with Crippen molar-refractivity contribution in [1.82, 2.24) is 0 Å². The quantitative estimate of drug-likeness (QED) is 0.0222. The van der Waals surface area contributed by atoms with E-state index in [1.165, 1.54) is 103 Å². The zero-order chi connectivity index (χ0) is 61.8. The molecule has 5 unspecified atom stereocenters. The van der Waals surface area contributed by atoms with Crippen molar-refractivity contribution in [3.63, 3.8) is 0 Å². The average Bonchev–Trinajstić information content (AvgIpc) is 3.45. The summed E-state index contributed by atoms with van der Waals surface area (Å²) >= 11 is 0. The molecule has 0 amide bonds. The third kappa shape index (κ3) is 56.3. The Kier molecular flexibility index (Phi) is 53.0. The lowest BCUT2D eigenvalue weighted by Crippen LogP contribution is -2.30. The molecular formula is C64H124O17P2. The highest BCUT2D eigenvalue weighted by Crippen LogP contribution is 2.45. The van der Waals surface area contributed by atoms with E-state index >= 15 is 0 Å². The summed E-state index contributed by atoms with van der Waals surface area (Å²) in [7, 11) is -9.89. The van der Waals surface area contributed by atoms with Crippen LogP contribution in [0.1, 0.15) is 306 Å². The van der Waals surface area contributed by atoms with Crippen LogP contribution in [-0.4, -0.2) is 96.7 Å². The number of carbonyl (C=O) groups excluding carboxylic acids is 4. The minimum atomic E-state index is -4.95. The number of carbonyl (C=O) groups is 4. The lowest BCUT2D eigenvalue weighted by molar-refractivity contribution is -0.161. The molecule has 0 rings (SSSR count). The molecule has 0 aliphatic rings. The fourth-order valence-corrected chi connectivity index (χ4v) is 10.9. The van der Waals surface area contributed by atoms with Crippen LogP contribution in [0.5, 0.6) is 0 Å². The fraction of sp³-hybridized carbons (Fsp3) is 0.938. The Morgan fingerprint density at radius 1 is 0.337 bits per heavy atom. The number of phosphoric ester groups is 2. The molecule has 7 atom stereocenters. The van der Waals surface area contributed by atoms with E-state index in [1.54, 1.807) is 0 Å². The molecule has 19 heteroatoms. The van der Waals surface area contributed by atoms with E-state index in [0.717, 1.165) is 114 Å². The summed E-state index contributed by atoms with van der Waals surface area (Å²) in [6.45, 7) is 13.9. The monoisotopic (exact) mass is 1230 g/mol. The van der Waals surface area contributed by atoms with Crippen LogP contribution in [0.2, 0.25) is 0 Å². The lowest BCUT2D eigenvalue weighted by Gasteiger charge is -2.21. The number of hydrogen-bond donors (Lipinski definition) is 3. The van der Waals surface area contributed by atoms with Gasteiger partial charge in [-0.1, -0.05) is 254 Å². The Bertz CT molecular complexity index is 1670. The van der Waals surface area contributed by atoms with Gasteiger partial charge in [0.1, 0.15) is 19.3 Å². The molecule has 0 saturated carbocycles. The van der Waals surface area contributed by atoms with E-state index in [0.29, 0.717) is 31.6 Å². The number of ether oxygens (including phenoxy) is 4. The van der Waals surface area contributed by atoms with E-state index in [-0.39, 0.29) is 25.7 Å². The van der Waals surface area contributed by atoms with E-state index < -0.39 is 97.5 Å². The molecule has 0 heterocycles. The van der Waals surface area contributed by atoms with Gasteiger partial charge in [0, 0.05) is 25.7 Å². The predicted molar refractivity (Wildman–Crippen MR) is 331 cm³/mol. The molecule has 0 aromatic carbocycles. The number of unbranched alkanes of at least 4 members (excludes halogenated alkanes) is 25. The maximum absolute atomic E-state index is 13.0. The van der Waals surface area contributed by atoms with Crippen molar-refractivity contribution in [1.29, 1.82) is 0 Å². The molecule has 0 fully saturated rings. The Morgan fingerprint density at radius 3 is 0.855 bits per heavy atom. The van der Waals surface area contributed by atoms with Gasteiger partial charge in [-0.2, -0.15) is 0 Å². The summed E-state index contributed by atoms with van der Waals surface area (Å²) in [6, 6.07) is 0. The van der Waals surface area contributed by atoms with Gasteiger partial charge in [0.15, 0.2) is 12.2 Å². The Balaban J connectivity index is 5.26. The van der Waals surface area contributed by atoms with Crippen LogP contribution in [0.3, 0.4) is 0 Å². The minimum Gasteiger partial charge on any atom is -0.462 e. The molecule has 492 valence electrons. The van der Waals surface area contributed by atoms with Gasteiger partial charge in [-0.25, -0.2) is 9.13 Å². The van der Waals surface area contributed by atoms with Crippen LogP contribution in [0, 0.1) is 23.7 Å². The first-order chi connectivity index (χ1) is 39.7. The summed E-state index contributed by atoms with van der Waals surface area (Å²) in [4.78, 5) is 72.2. The number of esters is 4. The number of phosphoric acid groups is 2. The molecule has 0 radical (unpaired) electrons. The maximum atomic E-state index is 13.0. The number of hydrogen-bond acceptors (Lipinski definition) is 15. The summed E-state index contributed by atoms with van der Waals surface area (Å²) < 4.78 is 68.0. The highest BCUT2D eigenvalue weighted by molar-refractivity contribution is 7.47. The SMILES string of the molecule is CCC(C)CCCCCCCCCCC(=O)OC[C@H](COP(=O)(O)OCC(O)COP(=O)(O)OC[C@@H](COC(=O)CCCCCCCCCC(C)C)OC(=O)CCCCCCCCC(C)CC)OC(=O)CCCCCCCCCCC(C)C. The van der Waals surface area contributed by atoms with Gasteiger partial charge >= 0.3 is 39.5 Å². The topological polar surface area (TPSA) is 237 Å². The summed E-state index contributed by atoms with van der Waals surface area (Å²) in [6.07, 6.45) is 33.6. The van der Waals surface area contributed by atoms with Crippen molar-refractivity contribution < 1.29 is 80.2 Å². The fourth-order valence-electron chi connectivity index (χ4n) is 9.36.